The number of fused-ring (bicyclic) bond motifs is 1. The van der Waals surface area contributed by atoms with Crippen LogP contribution in [0.4, 0.5) is 0 Å². The lowest BCUT2D eigenvalue weighted by Gasteiger charge is -2.35. The van der Waals surface area contributed by atoms with Gasteiger partial charge in [0, 0.05) is 31.6 Å². The first-order valence-corrected chi connectivity index (χ1v) is 15.1. The van der Waals surface area contributed by atoms with Crippen molar-refractivity contribution >= 4 is 29.1 Å². The number of thiazole rings is 1. The summed E-state index contributed by atoms with van der Waals surface area (Å²) in [5, 5.41) is 13.6. The summed E-state index contributed by atoms with van der Waals surface area (Å²) in [6, 6.07) is 12.1. The summed E-state index contributed by atoms with van der Waals surface area (Å²) in [5.74, 6) is -0.700. The predicted molar refractivity (Wildman–Crippen MR) is 159 cm³/mol. The van der Waals surface area contributed by atoms with E-state index >= 15 is 0 Å². The number of hydrogen-bond donors (Lipinski definition) is 2. The largest absolute Gasteiger partial charge is 0.391 e. The van der Waals surface area contributed by atoms with E-state index in [1.807, 2.05) is 50.5 Å². The Morgan fingerprint density at radius 2 is 1.90 bits per heavy atom. The number of carbonyl (C=O) groups is 3. The van der Waals surface area contributed by atoms with Crippen molar-refractivity contribution in [3.05, 3.63) is 75.9 Å². The van der Waals surface area contributed by atoms with E-state index in [0.717, 1.165) is 32.8 Å². The molecule has 0 radical (unpaired) electrons. The van der Waals surface area contributed by atoms with E-state index in [-0.39, 0.29) is 42.5 Å². The van der Waals surface area contributed by atoms with Crippen LogP contribution in [0.1, 0.15) is 72.8 Å². The van der Waals surface area contributed by atoms with E-state index in [9.17, 15) is 19.5 Å². The molecule has 2 aliphatic heterocycles. The van der Waals surface area contributed by atoms with Crippen molar-refractivity contribution < 1.29 is 19.5 Å². The highest BCUT2D eigenvalue weighted by Gasteiger charge is 2.45. The van der Waals surface area contributed by atoms with E-state index in [2.05, 4.69) is 36.3 Å². The Labute approximate surface area is 245 Å². The molecule has 3 aromatic rings. The minimum absolute atomic E-state index is 0.0647. The number of amides is 3. The number of aliphatic hydroxyl groups excluding tert-OH is 1. The lowest BCUT2D eigenvalue weighted by molar-refractivity contribution is -0.143. The van der Waals surface area contributed by atoms with Crippen LogP contribution in [0.25, 0.3) is 10.4 Å². The van der Waals surface area contributed by atoms with Gasteiger partial charge in [-0.05, 0) is 53.1 Å². The maximum atomic E-state index is 14.0. The molecular formula is C32H38N4O4S. The Hall–Kier alpha value is -3.56. The van der Waals surface area contributed by atoms with Crippen LogP contribution in [-0.4, -0.2) is 62.3 Å². The van der Waals surface area contributed by atoms with Crippen LogP contribution in [0, 0.1) is 12.8 Å². The van der Waals surface area contributed by atoms with Gasteiger partial charge in [-0.1, -0.05) is 58.0 Å². The van der Waals surface area contributed by atoms with Crippen LogP contribution in [0.2, 0.25) is 0 Å². The number of aromatic nitrogens is 1. The van der Waals surface area contributed by atoms with Gasteiger partial charge in [-0.3, -0.25) is 14.4 Å². The molecule has 3 amide bonds. The molecule has 0 aliphatic carbocycles. The average Bonchev–Trinajstić information content (AvgIpc) is 3.64. The maximum Gasteiger partial charge on any atom is 0.255 e. The fourth-order valence-electron chi connectivity index (χ4n) is 6.07. The second-order valence-corrected chi connectivity index (χ2v) is 12.6. The number of rotatable bonds is 8. The fourth-order valence-corrected chi connectivity index (χ4v) is 6.87. The molecule has 2 aliphatic rings. The summed E-state index contributed by atoms with van der Waals surface area (Å²) in [6.45, 7) is 10.8. The first kappa shape index (κ1) is 29.0. The molecule has 5 rings (SSSR count). The summed E-state index contributed by atoms with van der Waals surface area (Å²) >= 11 is 1.61. The lowest BCUT2D eigenvalue weighted by Crippen LogP contribution is -2.55. The standard InChI is InChI=1S/C32H38N4O4S/c1-18(2)26-12-21(29-20(5)34-17-41-29)10-11-22(26)14-33-30(38)27-13-24(37)16-35(27)32(40)28(19(3)4)36-15-23-8-6-7-9-25(23)31(36)39/h6-12,17-19,24,27-28,37H,13-16H2,1-5H3,(H,33,38)/t24-,27+,28?/m1/s1. The molecule has 3 atom stereocenters. The molecule has 2 aromatic carbocycles. The molecule has 9 heteroatoms. The smallest absolute Gasteiger partial charge is 0.255 e. The Morgan fingerprint density at radius 3 is 2.56 bits per heavy atom. The summed E-state index contributed by atoms with van der Waals surface area (Å²) in [6.07, 6.45) is -0.640. The topological polar surface area (TPSA) is 103 Å². The van der Waals surface area contributed by atoms with Crippen LogP contribution >= 0.6 is 11.3 Å². The Balaban J connectivity index is 1.32. The molecule has 41 heavy (non-hydrogen) atoms. The highest BCUT2D eigenvalue weighted by atomic mass is 32.1. The number of aliphatic hydroxyl groups is 1. The molecule has 1 aromatic heterocycles. The van der Waals surface area contributed by atoms with Crippen molar-refractivity contribution in [3.63, 3.8) is 0 Å². The van der Waals surface area contributed by atoms with Gasteiger partial charge in [-0.2, -0.15) is 0 Å². The van der Waals surface area contributed by atoms with Gasteiger partial charge in [0.25, 0.3) is 5.91 Å². The van der Waals surface area contributed by atoms with Crippen molar-refractivity contribution in [1.82, 2.24) is 20.1 Å². The molecular weight excluding hydrogens is 536 g/mol. The fraction of sp³-hybridized carbons (Fsp3) is 0.438. The van der Waals surface area contributed by atoms with Crippen molar-refractivity contribution in [2.75, 3.05) is 6.54 Å². The van der Waals surface area contributed by atoms with Gasteiger partial charge in [0.05, 0.1) is 22.2 Å². The van der Waals surface area contributed by atoms with Gasteiger partial charge in [-0.15, -0.1) is 11.3 Å². The number of benzene rings is 2. The van der Waals surface area contributed by atoms with Gasteiger partial charge in [0.15, 0.2) is 0 Å². The third kappa shape index (κ3) is 5.65. The minimum atomic E-state index is -0.805. The highest BCUT2D eigenvalue weighted by Crippen LogP contribution is 2.32. The van der Waals surface area contributed by atoms with Crippen LogP contribution in [-0.2, 0) is 22.7 Å². The van der Waals surface area contributed by atoms with Gasteiger partial charge < -0.3 is 20.2 Å². The van der Waals surface area contributed by atoms with Crippen molar-refractivity contribution in [1.29, 1.82) is 0 Å². The third-order valence-corrected chi connectivity index (χ3v) is 9.14. The quantitative estimate of drug-likeness (QED) is 0.413. The number of hydrogen-bond acceptors (Lipinski definition) is 6. The Morgan fingerprint density at radius 1 is 1.15 bits per heavy atom. The van der Waals surface area contributed by atoms with E-state index in [0.29, 0.717) is 18.7 Å². The van der Waals surface area contributed by atoms with Crippen molar-refractivity contribution in [2.24, 2.45) is 5.92 Å². The van der Waals surface area contributed by atoms with Crippen molar-refractivity contribution in [3.8, 4) is 10.4 Å². The van der Waals surface area contributed by atoms with Gasteiger partial charge >= 0.3 is 0 Å². The lowest BCUT2D eigenvalue weighted by atomic mass is 9.94. The SMILES string of the molecule is Cc1ncsc1-c1ccc(CNC(=O)[C@@H]2C[C@@H](O)CN2C(=O)C(C(C)C)N2Cc3ccccc3C2=O)c(C(C)C)c1. The molecule has 1 fully saturated rings. The molecule has 0 saturated carbocycles. The summed E-state index contributed by atoms with van der Waals surface area (Å²) in [5.41, 5.74) is 7.60. The summed E-state index contributed by atoms with van der Waals surface area (Å²) in [7, 11) is 0. The molecule has 1 saturated heterocycles. The molecule has 2 N–H and O–H groups in total. The molecule has 0 bridgehead atoms. The van der Waals surface area contributed by atoms with Gasteiger partial charge in [0.1, 0.15) is 12.1 Å². The normalized spacial score (nSPS) is 19.3. The molecule has 1 unspecified atom stereocenters. The Bertz CT molecular complexity index is 1470. The highest BCUT2D eigenvalue weighted by molar-refractivity contribution is 7.13. The van der Waals surface area contributed by atoms with Crippen LogP contribution < -0.4 is 5.32 Å². The molecule has 216 valence electrons. The zero-order valence-electron chi connectivity index (χ0n) is 24.3. The molecule has 8 nitrogen and oxygen atoms in total. The maximum absolute atomic E-state index is 14.0. The number of aryl methyl sites for hydroxylation is 1. The first-order valence-electron chi connectivity index (χ1n) is 14.2. The number of nitrogens with zero attached hydrogens (tertiary/aromatic N) is 3. The number of β-amino-alcohol motifs (C(OH)–C–C–N with tert-alkyl or cyclic N) is 1. The van der Waals surface area contributed by atoms with E-state index < -0.39 is 18.2 Å². The van der Waals surface area contributed by atoms with Crippen molar-refractivity contribution in [2.45, 2.75) is 78.2 Å². The second-order valence-electron chi connectivity index (χ2n) is 11.7. The van der Waals surface area contributed by atoms with Crippen LogP contribution in [0.3, 0.4) is 0 Å². The monoisotopic (exact) mass is 574 g/mol. The number of likely N-dealkylation sites (tertiary alicyclic amines) is 1. The zero-order chi connectivity index (χ0) is 29.4. The summed E-state index contributed by atoms with van der Waals surface area (Å²) in [4.78, 5) is 49.3. The molecule has 0 spiro atoms. The second kappa shape index (κ2) is 11.7. The van der Waals surface area contributed by atoms with Crippen LogP contribution in [0.5, 0.6) is 0 Å². The third-order valence-electron chi connectivity index (χ3n) is 8.16. The summed E-state index contributed by atoms with van der Waals surface area (Å²) < 4.78 is 0. The zero-order valence-corrected chi connectivity index (χ0v) is 25.1. The van der Waals surface area contributed by atoms with E-state index in [1.165, 1.54) is 4.90 Å². The average molecular weight is 575 g/mol. The minimum Gasteiger partial charge on any atom is -0.391 e. The van der Waals surface area contributed by atoms with Gasteiger partial charge in [0.2, 0.25) is 11.8 Å². The van der Waals surface area contributed by atoms with E-state index in [4.69, 9.17) is 0 Å². The first-order chi connectivity index (χ1) is 19.6. The number of carbonyl (C=O) groups excluding carboxylic acids is 3. The van der Waals surface area contributed by atoms with Crippen LogP contribution in [0.15, 0.2) is 48.0 Å². The van der Waals surface area contributed by atoms with E-state index in [1.54, 1.807) is 22.3 Å². The number of nitrogens with one attached hydrogen (secondary N) is 1. The Kier molecular flexibility index (Phi) is 8.29. The predicted octanol–water partition coefficient (Wildman–Crippen LogP) is 4.50. The molecule has 3 heterocycles. The van der Waals surface area contributed by atoms with Gasteiger partial charge in [-0.25, -0.2) is 4.98 Å².